The molecule has 2 heterocycles. The zero-order valence-electron chi connectivity index (χ0n) is 9.58. The molecule has 86 valence electrons. The second kappa shape index (κ2) is 3.77. The van der Waals surface area contributed by atoms with E-state index in [0.29, 0.717) is 5.69 Å². The van der Waals surface area contributed by atoms with Gasteiger partial charge in [-0.1, -0.05) is 0 Å². The van der Waals surface area contributed by atoms with Crippen LogP contribution in [0.5, 0.6) is 0 Å². The summed E-state index contributed by atoms with van der Waals surface area (Å²) in [5.74, 6) is -0.844. The number of fused-ring (bicyclic) bond motifs is 1. The number of aromatic nitrogens is 1. The van der Waals surface area contributed by atoms with Crippen molar-refractivity contribution in [2.45, 2.75) is 32.1 Å². The summed E-state index contributed by atoms with van der Waals surface area (Å²) in [7, 11) is 0. The molecule has 0 radical (unpaired) electrons. The van der Waals surface area contributed by atoms with E-state index in [0.717, 1.165) is 30.8 Å². The van der Waals surface area contributed by atoms with Gasteiger partial charge in [0.1, 0.15) is 5.41 Å². The van der Waals surface area contributed by atoms with Gasteiger partial charge in [-0.15, -0.1) is 0 Å². The Balaban J connectivity index is 2.40. The Morgan fingerprint density at radius 3 is 2.94 bits per heavy atom. The average Bonchev–Trinajstić information content (AvgIpc) is 2.28. The molecule has 0 aliphatic carbocycles. The van der Waals surface area contributed by atoms with Gasteiger partial charge < -0.3 is 10.4 Å². The molecule has 16 heavy (non-hydrogen) atoms. The second-order valence-corrected chi connectivity index (χ2v) is 4.65. The van der Waals surface area contributed by atoms with E-state index in [4.69, 9.17) is 5.11 Å². The lowest BCUT2D eigenvalue weighted by molar-refractivity contribution is -0.142. The Morgan fingerprint density at radius 2 is 2.25 bits per heavy atom. The van der Waals surface area contributed by atoms with Gasteiger partial charge in [0.15, 0.2) is 0 Å². The quantitative estimate of drug-likeness (QED) is 0.797. The van der Waals surface area contributed by atoms with E-state index in [1.165, 1.54) is 0 Å². The first kappa shape index (κ1) is 10.9. The molecule has 0 amide bonds. The first-order chi connectivity index (χ1) is 7.51. The molecule has 0 bridgehead atoms. The van der Waals surface area contributed by atoms with Crippen LogP contribution < -0.4 is 5.32 Å². The maximum Gasteiger partial charge on any atom is 0.315 e. The molecule has 0 spiro atoms. The molecule has 0 unspecified atom stereocenters. The summed E-state index contributed by atoms with van der Waals surface area (Å²) in [5, 5.41) is 12.4. The highest BCUT2D eigenvalue weighted by Gasteiger charge is 2.31. The first-order valence-electron chi connectivity index (χ1n) is 5.49. The van der Waals surface area contributed by atoms with Crippen molar-refractivity contribution in [3.8, 4) is 0 Å². The Kier molecular flexibility index (Phi) is 2.58. The summed E-state index contributed by atoms with van der Waals surface area (Å²) >= 11 is 0. The topological polar surface area (TPSA) is 62.2 Å². The third kappa shape index (κ3) is 1.75. The first-order valence-corrected chi connectivity index (χ1v) is 5.49. The van der Waals surface area contributed by atoms with Crippen LogP contribution in [0, 0.1) is 0 Å². The van der Waals surface area contributed by atoms with Crippen molar-refractivity contribution in [1.82, 2.24) is 4.98 Å². The molecule has 1 aromatic rings. The fourth-order valence-corrected chi connectivity index (χ4v) is 1.79. The smallest absolute Gasteiger partial charge is 0.315 e. The molecule has 0 aromatic carbocycles. The zero-order chi connectivity index (χ0) is 11.8. The molecule has 1 aromatic heterocycles. The number of hydrogen-bond acceptors (Lipinski definition) is 3. The van der Waals surface area contributed by atoms with E-state index in [-0.39, 0.29) is 0 Å². The standard InChI is InChI=1S/C12H16N2O2/c1-12(2,11(15)16)10-6-5-8-9(14-10)4-3-7-13-8/h5-6,13H,3-4,7H2,1-2H3,(H,15,16). The van der Waals surface area contributed by atoms with E-state index in [1.54, 1.807) is 19.9 Å². The van der Waals surface area contributed by atoms with Crippen LogP contribution in [0.4, 0.5) is 5.69 Å². The molecule has 0 atom stereocenters. The Bertz CT molecular complexity index is 427. The number of hydrogen-bond donors (Lipinski definition) is 2. The molecule has 1 aliphatic heterocycles. The fourth-order valence-electron chi connectivity index (χ4n) is 1.79. The number of nitrogens with zero attached hydrogens (tertiary/aromatic N) is 1. The lowest BCUT2D eigenvalue weighted by Gasteiger charge is -2.22. The van der Waals surface area contributed by atoms with Crippen LogP contribution in [0.3, 0.4) is 0 Å². The third-order valence-corrected chi connectivity index (χ3v) is 3.06. The van der Waals surface area contributed by atoms with Crippen molar-refractivity contribution < 1.29 is 9.90 Å². The van der Waals surface area contributed by atoms with Crippen LogP contribution in [0.25, 0.3) is 0 Å². The zero-order valence-corrected chi connectivity index (χ0v) is 9.58. The number of carboxylic acid groups (broad SMARTS) is 1. The van der Waals surface area contributed by atoms with Crippen molar-refractivity contribution in [2.75, 3.05) is 11.9 Å². The Hall–Kier alpha value is -1.58. The maximum atomic E-state index is 11.1. The highest BCUT2D eigenvalue weighted by Crippen LogP contribution is 2.26. The number of nitrogens with one attached hydrogen (secondary N) is 1. The molecular formula is C12H16N2O2. The van der Waals surface area contributed by atoms with Crippen LogP contribution in [0.15, 0.2) is 12.1 Å². The summed E-state index contributed by atoms with van der Waals surface area (Å²) in [6, 6.07) is 3.73. The number of aryl methyl sites for hydroxylation is 1. The van der Waals surface area contributed by atoms with E-state index >= 15 is 0 Å². The normalized spacial score (nSPS) is 15.1. The molecule has 1 aliphatic rings. The van der Waals surface area contributed by atoms with Crippen molar-refractivity contribution in [3.05, 3.63) is 23.5 Å². The third-order valence-electron chi connectivity index (χ3n) is 3.06. The molecule has 2 rings (SSSR count). The van der Waals surface area contributed by atoms with E-state index in [2.05, 4.69) is 10.3 Å². The van der Waals surface area contributed by atoms with Gasteiger partial charge in [-0.05, 0) is 38.8 Å². The minimum atomic E-state index is -0.924. The summed E-state index contributed by atoms with van der Waals surface area (Å²) in [6.45, 7) is 4.33. The number of carboxylic acids is 1. The van der Waals surface area contributed by atoms with Gasteiger partial charge in [0.25, 0.3) is 0 Å². The molecule has 4 nitrogen and oxygen atoms in total. The van der Waals surface area contributed by atoms with E-state index in [9.17, 15) is 4.79 Å². The minimum absolute atomic E-state index is 0.627. The van der Waals surface area contributed by atoms with Crippen LogP contribution in [-0.2, 0) is 16.6 Å². The average molecular weight is 220 g/mol. The monoisotopic (exact) mass is 220 g/mol. The summed E-state index contributed by atoms with van der Waals surface area (Å²) < 4.78 is 0. The summed E-state index contributed by atoms with van der Waals surface area (Å²) in [4.78, 5) is 15.6. The second-order valence-electron chi connectivity index (χ2n) is 4.65. The molecule has 0 fully saturated rings. The van der Waals surface area contributed by atoms with Crippen molar-refractivity contribution in [3.63, 3.8) is 0 Å². The van der Waals surface area contributed by atoms with Gasteiger partial charge in [-0.3, -0.25) is 9.78 Å². The lowest BCUT2D eigenvalue weighted by atomic mass is 9.88. The Labute approximate surface area is 94.7 Å². The largest absolute Gasteiger partial charge is 0.481 e. The molecular weight excluding hydrogens is 204 g/mol. The van der Waals surface area contributed by atoms with Gasteiger partial charge in [-0.25, -0.2) is 0 Å². The van der Waals surface area contributed by atoms with Gasteiger partial charge in [-0.2, -0.15) is 0 Å². The lowest BCUT2D eigenvalue weighted by Crippen LogP contribution is -2.30. The van der Waals surface area contributed by atoms with Gasteiger partial charge >= 0.3 is 5.97 Å². The molecule has 0 saturated carbocycles. The van der Waals surface area contributed by atoms with Crippen LogP contribution >= 0.6 is 0 Å². The highest BCUT2D eigenvalue weighted by molar-refractivity contribution is 5.79. The van der Waals surface area contributed by atoms with Gasteiger partial charge in [0.05, 0.1) is 17.1 Å². The minimum Gasteiger partial charge on any atom is -0.481 e. The number of carbonyl (C=O) groups is 1. The predicted octanol–water partition coefficient (Wildman–Crippen LogP) is 1.80. The van der Waals surface area contributed by atoms with Crippen molar-refractivity contribution in [1.29, 1.82) is 0 Å². The van der Waals surface area contributed by atoms with E-state index < -0.39 is 11.4 Å². The molecule has 4 heteroatoms. The van der Waals surface area contributed by atoms with Crippen LogP contribution in [0.1, 0.15) is 31.7 Å². The van der Waals surface area contributed by atoms with Crippen LogP contribution in [-0.4, -0.2) is 22.6 Å². The maximum absolute atomic E-state index is 11.1. The Morgan fingerprint density at radius 1 is 1.50 bits per heavy atom. The molecule has 2 N–H and O–H groups in total. The number of pyridine rings is 1. The summed E-state index contributed by atoms with van der Waals surface area (Å²) in [5.41, 5.74) is 1.73. The van der Waals surface area contributed by atoms with E-state index in [1.807, 2.05) is 6.07 Å². The van der Waals surface area contributed by atoms with Gasteiger partial charge in [0, 0.05) is 6.54 Å². The van der Waals surface area contributed by atoms with Gasteiger partial charge in [0.2, 0.25) is 0 Å². The predicted molar refractivity (Wildman–Crippen MR) is 61.7 cm³/mol. The van der Waals surface area contributed by atoms with Crippen LogP contribution in [0.2, 0.25) is 0 Å². The highest BCUT2D eigenvalue weighted by atomic mass is 16.4. The SMILES string of the molecule is CC(C)(C(=O)O)c1ccc2c(n1)CCCN2. The number of rotatable bonds is 2. The number of aliphatic carboxylic acids is 1. The fraction of sp³-hybridized carbons (Fsp3) is 0.500. The van der Waals surface area contributed by atoms with Crippen molar-refractivity contribution in [2.24, 2.45) is 0 Å². The number of anilines is 1. The van der Waals surface area contributed by atoms with Crippen molar-refractivity contribution >= 4 is 11.7 Å². The summed E-state index contributed by atoms with van der Waals surface area (Å²) in [6.07, 6.45) is 1.98. The molecule has 0 saturated heterocycles.